The van der Waals surface area contributed by atoms with Crippen LogP contribution in [0.15, 0.2) is 48.0 Å². The summed E-state index contributed by atoms with van der Waals surface area (Å²) in [7, 11) is 1.63. The highest BCUT2D eigenvalue weighted by Crippen LogP contribution is 2.37. The SMILES string of the molecule is COc1cc(CNCCC2=CCCCC2)cc(Cl)c1OCc1ccc(Cl)cc1.Cl. The summed E-state index contributed by atoms with van der Waals surface area (Å²) in [6.45, 7) is 2.13. The van der Waals surface area contributed by atoms with Crippen molar-refractivity contribution >= 4 is 35.6 Å². The predicted molar refractivity (Wildman–Crippen MR) is 124 cm³/mol. The van der Waals surface area contributed by atoms with Crippen molar-refractivity contribution in [1.29, 1.82) is 0 Å². The van der Waals surface area contributed by atoms with Crippen LogP contribution >= 0.6 is 35.6 Å². The molecule has 0 radical (unpaired) electrons. The molecule has 0 atom stereocenters. The van der Waals surface area contributed by atoms with E-state index in [0.717, 1.165) is 30.6 Å². The van der Waals surface area contributed by atoms with Crippen molar-refractivity contribution in [2.45, 2.75) is 45.3 Å². The van der Waals surface area contributed by atoms with Crippen LogP contribution in [0.3, 0.4) is 0 Å². The summed E-state index contributed by atoms with van der Waals surface area (Å²) >= 11 is 12.4. The number of methoxy groups -OCH3 is 1. The van der Waals surface area contributed by atoms with E-state index in [0.29, 0.717) is 28.2 Å². The summed E-state index contributed by atoms with van der Waals surface area (Å²) in [6.07, 6.45) is 8.67. The van der Waals surface area contributed by atoms with Gasteiger partial charge in [-0.1, -0.05) is 47.0 Å². The summed E-state index contributed by atoms with van der Waals surface area (Å²) in [5.41, 5.74) is 3.68. The standard InChI is InChI=1S/C23H27Cl2NO2.ClH/c1-27-22-14-19(15-26-12-11-17-5-3-2-4-6-17)13-21(25)23(22)28-16-18-7-9-20(24)10-8-18;/h5,7-10,13-14,26H,2-4,6,11-12,15-16H2,1H3;1H. The number of nitrogens with one attached hydrogen (secondary N) is 1. The average Bonchev–Trinajstić information content (AvgIpc) is 2.72. The van der Waals surface area contributed by atoms with E-state index >= 15 is 0 Å². The van der Waals surface area contributed by atoms with Crippen LogP contribution in [0.4, 0.5) is 0 Å². The van der Waals surface area contributed by atoms with Crippen LogP contribution in [-0.2, 0) is 13.2 Å². The Hall–Kier alpha value is -1.39. The van der Waals surface area contributed by atoms with E-state index < -0.39 is 0 Å². The van der Waals surface area contributed by atoms with Crippen molar-refractivity contribution < 1.29 is 9.47 Å². The minimum atomic E-state index is 0. The lowest BCUT2D eigenvalue weighted by Crippen LogP contribution is -2.16. The Morgan fingerprint density at radius 1 is 1.03 bits per heavy atom. The zero-order chi connectivity index (χ0) is 19.8. The number of rotatable bonds is 9. The Morgan fingerprint density at radius 2 is 1.83 bits per heavy atom. The first kappa shape index (κ1) is 23.9. The summed E-state index contributed by atoms with van der Waals surface area (Å²) < 4.78 is 11.4. The highest BCUT2D eigenvalue weighted by atomic mass is 35.5. The summed E-state index contributed by atoms with van der Waals surface area (Å²) in [4.78, 5) is 0. The number of ether oxygens (including phenoxy) is 2. The van der Waals surface area contributed by atoms with Crippen LogP contribution in [0.5, 0.6) is 11.5 Å². The molecule has 0 aliphatic heterocycles. The molecular weight excluding hydrogens is 429 g/mol. The molecule has 0 aromatic heterocycles. The van der Waals surface area contributed by atoms with Crippen molar-refractivity contribution in [3.63, 3.8) is 0 Å². The third-order valence-electron chi connectivity index (χ3n) is 4.92. The number of halogens is 3. The fraction of sp³-hybridized carbons (Fsp3) is 0.391. The highest BCUT2D eigenvalue weighted by Gasteiger charge is 2.12. The second-order valence-corrected chi connectivity index (χ2v) is 7.90. The molecule has 0 amide bonds. The van der Waals surface area contributed by atoms with E-state index in [1.54, 1.807) is 12.7 Å². The van der Waals surface area contributed by atoms with E-state index in [2.05, 4.69) is 11.4 Å². The molecule has 0 bridgehead atoms. The summed E-state index contributed by atoms with van der Waals surface area (Å²) in [5, 5.41) is 4.76. The quantitative estimate of drug-likeness (QED) is 0.326. The van der Waals surface area contributed by atoms with Crippen LogP contribution < -0.4 is 14.8 Å². The van der Waals surface area contributed by atoms with Crippen molar-refractivity contribution in [3.05, 3.63) is 69.2 Å². The second-order valence-electron chi connectivity index (χ2n) is 7.06. The van der Waals surface area contributed by atoms with Gasteiger partial charge in [-0.25, -0.2) is 0 Å². The third kappa shape index (κ3) is 7.42. The maximum atomic E-state index is 6.48. The van der Waals surface area contributed by atoms with Crippen molar-refractivity contribution in [3.8, 4) is 11.5 Å². The highest BCUT2D eigenvalue weighted by molar-refractivity contribution is 6.32. The maximum Gasteiger partial charge on any atom is 0.180 e. The van der Waals surface area contributed by atoms with Gasteiger partial charge in [0.05, 0.1) is 12.1 Å². The fourth-order valence-corrected chi connectivity index (χ4v) is 3.78. The Balaban J connectivity index is 0.00000300. The lowest BCUT2D eigenvalue weighted by atomic mass is 9.97. The van der Waals surface area contributed by atoms with Gasteiger partial charge in [-0.3, -0.25) is 0 Å². The first-order valence-electron chi connectivity index (χ1n) is 9.78. The molecule has 158 valence electrons. The van der Waals surface area contributed by atoms with Gasteiger partial charge in [0.25, 0.3) is 0 Å². The fourth-order valence-electron chi connectivity index (χ4n) is 3.36. The Labute approximate surface area is 189 Å². The number of benzene rings is 2. The lowest BCUT2D eigenvalue weighted by Gasteiger charge is -2.15. The molecule has 3 rings (SSSR count). The third-order valence-corrected chi connectivity index (χ3v) is 5.46. The molecule has 6 heteroatoms. The molecule has 0 spiro atoms. The zero-order valence-electron chi connectivity index (χ0n) is 16.7. The first-order chi connectivity index (χ1) is 13.7. The van der Waals surface area contributed by atoms with E-state index in [1.807, 2.05) is 36.4 Å². The minimum absolute atomic E-state index is 0. The van der Waals surface area contributed by atoms with Crippen LogP contribution in [0.1, 0.15) is 43.2 Å². The van der Waals surface area contributed by atoms with Crippen molar-refractivity contribution in [2.24, 2.45) is 0 Å². The first-order valence-corrected chi connectivity index (χ1v) is 10.5. The molecule has 3 nitrogen and oxygen atoms in total. The Morgan fingerprint density at radius 3 is 2.52 bits per heavy atom. The average molecular weight is 457 g/mol. The molecule has 2 aromatic rings. The van der Waals surface area contributed by atoms with E-state index in [4.69, 9.17) is 32.7 Å². The monoisotopic (exact) mass is 455 g/mol. The molecule has 0 heterocycles. The Kier molecular flexibility index (Phi) is 10.2. The van der Waals surface area contributed by atoms with Crippen LogP contribution in [0, 0.1) is 0 Å². The normalized spacial score (nSPS) is 13.4. The molecular formula is C23H28Cl3NO2. The van der Waals surface area contributed by atoms with Gasteiger partial charge in [0.15, 0.2) is 11.5 Å². The summed E-state index contributed by atoms with van der Waals surface area (Å²) in [6, 6.07) is 11.5. The number of hydrogen-bond donors (Lipinski definition) is 1. The molecule has 0 unspecified atom stereocenters. The van der Waals surface area contributed by atoms with Gasteiger partial charge >= 0.3 is 0 Å². The largest absolute Gasteiger partial charge is 0.493 e. The predicted octanol–water partition coefficient (Wildman–Crippen LogP) is 6.98. The van der Waals surface area contributed by atoms with Gasteiger partial charge in [0, 0.05) is 11.6 Å². The second kappa shape index (κ2) is 12.3. The van der Waals surface area contributed by atoms with Crippen LogP contribution in [-0.4, -0.2) is 13.7 Å². The molecule has 29 heavy (non-hydrogen) atoms. The lowest BCUT2D eigenvalue weighted by molar-refractivity contribution is 0.284. The van der Waals surface area contributed by atoms with Gasteiger partial charge in [-0.05, 0) is 74.0 Å². The van der Waals surface area contributed by atoms with Crippen molar-refractivity contribution in [2.75, 3.05) is 13.7 Å². The molecule has 2 aromatic carbocycles. The topological polar surface area (TPSA) is 30.5 Å². The number of allylic oxidation sites excluding steroid dienone is 1. The van der Waals surface area contributed by atoms with E-state index in [9.17, 15) is 0 Å². The molecule has 0 saturated carbocycles. The van der Waals surface area contributed by atoms with Crippen molar-refractivity contribution in [1.82, 2.24) is 5.32 Å². The van der Waals surface area contributed by atoms with Gasteiger partial charge in [-0.2, -0.15) is 0 Å². The summed E-state index contributed by atoms with van der Waals surface area (Å²) in [5.74, 6) is 1.21. The molecule has 1 aliphatic carbocycles. The van der Waals surface area contributed by atoms with E-state index in [-0.39, 0.29) is 12.4 Å². The maximum absolute atomic E-state index is 6.48. The minimum Gasteiger partial charge on any atom is -0.493 e. The van der Waals surface area contributed by atoms with Gasteiger partial charge < -0.3 is 14.8 Å². The Bertz CT molecular complexity index is 807. The molecule has 0 fully saturated rings. The molecule has 1 aliphatic rings. The molecule has 1 N–H and O–H groups in total. The number of hydrogen-bond acceptors (Lipinski definition) is 3. The smallest absolute Gasteiger partial charge is 0.180 e. The van der Waals surface area contributed by atoms with Gasteiger partial charge in [0.1, 0.15) is 6.61 Å². The van der Waals surface area contributed by atoms with Gasteiger partial charge in [0.2, 0.25) is 0 Å². The molecule has 0 saturated heterocycles. The van der Waals surface area contributed by atoms with Gasteiger partial charge in [-0.15, -0.1) is 12.4 Å². The van der Waals surface area contributed by atoms with Crippen LogP contribution in [0.2, 0.25) is 10.0 Å². The zero-order valence-corrected chi connectivity index (χ0v) is 19.0. The van der Waals surface area contributed by atoms with Crippen LogP contribution in [0.25, 0.3) is 0 Å². The van der Waals surface area contributed by atoms with E-state index in [1.165, 1.54) is 25.7 Å².